The molecule has 6 nitrogen and oxygen atoms in total. The van der Waals surface area contributed by atoms with Crippen LogP contribution in [0.2, 0.25) is 0 Å². The maximum Gasteiger partial charge on any atom is 0.339 e. The van der Waals surface area contributed by atoms with Crippen molar-refractivity contribution >= 4 is 34.0 Å². The quantitative estimate of drug-likeness (QED) is 0.442. The number of hydrogen-bond acceptors (Lipinski definition) is 5. The van der Waals surface area contributed by atoms with Gasteiger partial charge in [-0.3, -0.25) is 4.79 Å². The van der Waals surface area contributed by atoms with Crippen molar-refractivity contribution in [2.45, 2.75) is 6.42 Å². The lowest BCUT2D eigenvalue weighted by Gasteiger charge is -2.16. The minimum absolute atomic E-state index is 0.00751. The second kappa shape index (κ2) is 7.16. The van der Waals surface area contributed by atoms with E-state index in [0.717, 1.165) is 5.39 Å². The van der Waals surface area contributed by atoms with Crippen LogP contribution in [-0.2, 0) is 11.2 Å². The molecular weight excluding hydrogens is 372 g/mol. The lowest BCUT2D eigenvalue weighted by atomic mass is 9.91. The molecule has 29 heavy (non-hydrogen) atoms. The van der Waals surface area contributed by atoms with E-state index in [0.29, 0.717) is 27.3 Å². The number of phenolic OH excluding ortho intramolecular Hbond substituents is 1. The van der Waals surface area contributed by atoms with Gasteiger partial charge >= 0.3 is 5.97 Å². The van der Waals surface area contributed by atoms with Crippen LogP contribution in [0.3, 0.4) is 0 Å². The predicted octanol–water partition coefficient (Wildman–Crippen LogP) is 4.23. The van der Waals surface area contributed by atoms with Crippen molar-refractivity contribution < 1.29 is 29.6 Å². The minimum Gasteiger partial charge on any atom is -0.507 e. The van der Waals surface area contributed by atoms with E-state index in [1.54, 1.807) is 42.5 Å². The molecule has 0 bridgehead atoms. The number of carboxylic acid groups (broad SMARTS) is 1. The molecule has 0 radical (unpaired) electrons. The number of aromatic carboxylic acids is 1. The summed E-state index contributed by atoms with van der Waals surface area (Å²) >= 11 is 0. The molecule has 0 atom stereocenters. The molecule has 144 valence electrons. The summed E-state index contributed by atoms with van der Waals surface area (Å²) in [6.07, 6.45) is 0.0376. The van der Waals surface area contributed by atoms with Crippen LogP contribution in [0.15, 0.2) is 60.7 Å². The average molecular weight is 388 g/mol. The van der Waals surface area contributed by atoms with Gasteiger partial charge in [0.05, 0.1) is 0 Å². The molecule has 0 aliphatic heterocycles. The number of benzene rings is 4. The van der Waals surface area contributed by atoms with Gasteiger partial charge in [-0.05, 0) is 33.7 Å². The Kier molecular flexibility index (Phi) is 4.52. The predicted molar refractivity (Wildman–Crippen MR) is 108 cm³/mol. The van der Waals surface area contributed by atoms with Crippen LogP contribution in [-0.4, -0.2) is 27.8 Å². The molecule has 4 rings (SSSR count). The van der Waals surface area contributed by atoms with E-state index in [4.69, 9.17) is 4.74 Å². The Bertz CT molecular complexity index is 1280. The zero-order valence-electron chi connectivity index (χ0n) is 15.1. The molecule has 0 unspecified atom stereocenters. The van der Waals surface area contributed by atoms with Crippen molar-refractivity contribution in [3.05, 3.63) is 77.4 Å². The van der Waals surface area contributed by atoms with Crippen LogP contribution < -0.4 is 4.74 Å². The standard InChI is InChI=1S/C23H16O6/c24-12-29-20-10-14-6-2-4-8-16(14)18(22(20)26)11-17-15-7-3-1-5-13(15)9-19(21(17)25)23(27)28/h1-10,12,25-26H,11H2,(H,27,28). The van der Waals surface area contributed by atoms with E-state index in [-0.39, 0.29) is 35.7 Å². The van der Waals surface area contributed by atoms with Crippen LogP contribution in [0.5, 0.6) is 17.2 Å². The van der Waals surface area contributed by atoms with Crippen molar-refractivity contribution in [3.8, 4) is 17.2 Å². The van der Waals surface area contributed by atoms with Gasteiger partial charge in [-0.2, -0.15) is 0 Å². The van der Waals surface area contributed by atoms with E-state index in [1.165, 1.54) is 6.07 Å². The third-order valence-corrected chi connectivity index (χ3v) is 4.98. The molecule has 0 aliphatic rings. The molecule has 0 heterocycles. The number of fused-ring (bicyclic) bond motifs is 2. The van der Waals surface area contributed by atoms with E-state index in [1.807, 2.05) is 12.1 Å². The van der Waals surface area contributed by atoms with Gasteiger partial charge < -0.3 is 20.1 Å². The van der Waals surface area contributed by atoms with E-state index in [9.17, 15) is 24.9 Å². The van der Waals surface area contributed by atoms with Crippen molar-refractivity contribution in [1.29, 1.82) is 0 Å². The maximum absolute atomic E-state index is 11.6. The van der Waals surface area contributed by atoms with Crippen molar-refractivity contribution in [3.63, 3.8) is 0 Å². The number of carboxylic acids is 1. The Morgan fingerprint density at radius 2 is 1.41 bits per heavy atom. The maximum atomic E-state index is 11.6. The molecule has 0 amide bonds. The molecular formula is C23H16O6. The fraction of sp³-hybridized carbons (Fsp3) is 0.0435. The third-order valence-electron chi connectivity index (χ3n) is 4.98. The summed E-state index contributed by atoms with van der Waals surface area (Å²) in [5, 5.41) is 33.7. The summed E-state index contributed by atoms with van der Waals surface area (Å²) in [5.41, 5.74) is 0.565. The number of rotatable bonds is 5. The summed E-state index contributed by atoms with van der Waals surface area (Å²) in [7, 11) is 0. The van der Waals surface area contributed by atoms with Crippen molar-refractivity contribution in [2.75, 3.05) is 0 Å². The van der Waals surface area contributed by atoms with Gasteiger partial charge in [0.25, 0.3) is 6.47 Å². The number of carbonyl (C=O) groups excluding carboxylic acids is 1. The molecule has 0 saturated heterocycles. The largest absolute Gasteiger partial charge is 0.507 e. The number of ether oxygens (including phenoxy) is 1. The molecule has 0 saturated carbocycles. The van der Waals surface area contributed by atoms with Crippen LogP contribution in [0.25, 0.3) is 21.5 Å². The van der Waals surface area contributed by atoms with Gasteiger partial charge in [-0.15, -0.1) is 0 Å². The van der Waals surface area contributed by atoms with Crippen molar-refractivity contribution in [1.82, 2.24) is 0 Å². The highest BCUT2D eigenvalue weighted by molar-refractivity contribution is 6.00. The first-order valence-corrected chi connectivity index (χ1v) is 8.82. The minimum atomic E-state index is -1.25. The molecule has 4 aromatic carbocycles. The summed E-state index contributed by atoms with van der Waals surface area (Å²) < 4.78 is 4.92. The van der Waals surface area contributed by atoms with E-state index in [2.05, 4.69) is 0 Å². The summed E-state index contributed by atoms with van der Waals surface area (Å²) in [5.74, 6) is -1.85. The number of aromatic hydroxyl groups is 2. The SMILES string of the molecule is O=COc1cc2ccccc2c(Cc2c(O)c(C(=O)O)cc3ccccc23)c1O. The third kappa shape index (κ3) is 3.10. The summed E-state index contributed by atoms with van der Waals surface area (Å²) in [6.45, 7) is 0.228. The lowest BCUT2D eigenvalue weighted by molar-refractivity contribution is -0.120. The normalized spacial score (nSPS) is 10.9. The number of carbonyl (C=O) groups is 2. The zero-order valence-corrected chi connectivity index (χ0v) is 15.1. The summed E-state index contributed by atoms with van der Waals surface area (Å²) in [6, 6.07) is 17.3. The smallest absolute Gasteiger partial charge is 0.339 e. The second-order valence-corrected chi connectivity index (χ2v) is 6.59. The highest BCUT2D eigenvalue weighted by Crippen LogP contribution is 2.41. The average Bonchev–Trinajstić information content (AvgIpc) is 2.72. The van der Waals surface area contributed by atoms with Gasteiger partial charge in [0.2, 0.25) is 0 Å². The van der Waals surface area contributed by atoms with E-state index < -0.39 is 5.97 Å². The molecule has 0 spiro atoms. The Balaban J connectivity index is 2.02. The molecule has 0 aliphatic carbocycles. The van der Waals surface area contributed by atoms with Crippen LogP contribution >= 0.6 is 0 Å². The first-order valence-electron chi connectivity index (χ1n) is 8.82. The first-order chi connectivity index (χ1) is 14.0. The highest BCUT2D eigenvalue weighted by atomic mass is 16.5. The van der Waals surface area contributed by atoms with E-state index >= 15 is 0 Å². The van der Waals surface area contributed by atoms with Gasteiger partial charge in [0.1, 0.15) is 11.3 Å². The fourth-order valence-electron chi connectivity index (χ4n) is 3.63. The monoisotopic (exact) mass is 388 g/mol. The Labute approximate surface area is 165 Å². The van der Waals surface area contributed by atoms with Gasteiger partial charge in [0.15, 0.2) is 11.5 Å². The van der Waals surface area contributed by atoms with Crippen LogP contribution in [0, 0.1) is 0 Å². The number of hydrogen-bond donors (Lipinski definition) is 3. The Morgan fingerprint density at radius 3 is 2.00 bits per heavy atom. The molecule has 4 aromatic rings. The van der Waals surface area contributed by atoms with Crippen LogP contribution in [0.1, 0.15) is 21.5 Å². The van der Waals surface area contributed by atoms with Gasteiger partial charge in [-0.25, -0.2) is 4.79 Å². The van der Waals surface area contributed by atoms with Gasteiger partial charge in [-0.1, -0.05) is 48.5 Å². The fourth-order valence-corrected chi connectivity index (χ4v) is 3.63. The van der Waals surface area contributed by atoms with Gasteiger partial charge in [0, 0.05) is 17.5 Å². The molecule has 6 heteroatoms. The van der Waals surface area contributed by atoms with Crippen LogP contribution in [0.4, 0.5) is 0 Å². The first kappa shape index (κ1) is 18.3. The Hall–Kier alpha value is -4.06. The lowest BCUT2D eigenvalue weighted by Crippen LogP contribution is -2.02. The second-order valence-electron chi connectivity index (χ2n) is 6.59. The molecule has 0 aromatic heterocycles. The topological polar surface area (TPSA) is 104 Å². The molecule has 0 fully saturated rings. The Morgan fingerprint density at radius 1 is 0.862 bits per heavy atom. The molecule has 3 N–H and O–H groups in total. The number of phenols is 2. The zero-order chi connectivity index (χ0) is 20.5. The van der Waals surface area contributed by atoms with Crippen molar-refractivity contribution in [2.24, 2.45) is 0 Å². The summed E-state index contributed by atoms with van der Waals surface area (Å²) in [4.78, 5) is 22.5. The highest BCUT2D eigenvalue weighted by Gasteiger charge is 2.21.